The number of aryl methyl sites for hydroxylation is 1. The number of ketones is 2. The van der Waals surface area contributed by atoms with Crippen LogP contribution in [0.3, 0.4) is 0 Å². The van der Waals surface area contributed by atoms with Crippen molar-refractivity contribution >= 4 is 34.8 Å². The van der Waals surface area contributed by atoms with Crippen LogP contribution in [0.4, 0.5) is 0 Å². The molecule has 2 aromatic carbocycles. The summed E-state index contributed by atoms with van der Waals surface area (Å²) in [6.07, 6.45) is 0. The van der Waals surface area contributed by atoms with Gasteiger partial charge in [-0.1, -0.05) is 29.3 Å². The first-order valence-corrected chi connectivity index (χ1v) is 9.70. The Morgan fingerprint density at radius 1 is 0.929 bits per heavy atom. The van der Waals surface area contributed by atoms with Gasteiger partial charge in [0.1, 0.15) is 28.6 Å². The van der Waals surface area contributed by atoms with Gasteiger partial charge in [-0.15, -0.1) is 0 Å². The fraction of sp³-hybridized carbons (Fsp3) is 0.364. The van der Waals surface area contributed by atoms with Crippen molar-refractivity contribution in [3.05, 3.63) is 57.6 Å². The number of rotatable bonds is 3. The van der Waals surface area contributed by atoms with Gasteiger partial charge < -0.3 is 9.47 Å². The standard InChI is InChI=1S/C22H22Cl2O4/c1-12-6-8-14(27-17-9-7-13(23)10-16(17)24)11-15(12)18-19(25)21(2,3)28-22(4,5)20(18)26/h6-11,18H,1-5H3. The van der Waals surface area contributed by atoms with Crippen molar-refractivity contribution in [2.45, 2.75) is 51.7 Å². The predicted octanol–water partition coefficient (Wildman–Crippen LogP) is 5.90. The summed E-state index contributed by atoms with van der Waals surface area (Å²) in [5, 5.41) is 0.875. The smallest absolute Gasteiger partial charge is 0.179 e. The van der Waals surface area contributed by atoms with Crippen LogP contribution in [-0.4, -0.2) is 22.8 Å². The Balaban J connectivity index is 2.03. The zero-order chi connectivity index (χ0) is 20.9. The molecule has 0 atom stereocenters. The molecule has 1 heterocycles. The van der Waals surface area contributed by atoms with Crippen molar-refractivity contribution in [2.75, 3.05) is 0 Å². The van der Waals surface area contributed by atoms with Gasteiger partial charge in [0.2, 0.25) is 0 Å². The van der Waals surface area contributed by atoms with E-state index in [0.717, 1.165) is 5.56 Å². The first-order chi connectivity index (χ1) is 12.9. The second-order valence-corrected chi connectivity index (χ2v) is 8.82. The van der Waals surface area contributed by atoms with Crippen LogP contribution in [-0.2, 0) is 14.3 Å². The number of hydrogen-bond acceptors (Lipinski definition) is 4. The molecule has 0 radical (unpaired) electrons. The maximum absolute atomic E-state index is 13.0. The summed E-state index contributed by atoms with van der Waals surface area (Å²) in [6.45, 7) is 8.64. The molecule has 6 heteroatoms. The van der Waals surface area contributed by atoms with E-state index in [1.165, 1.54) is 0 Å². The predicted molar refractivity (Wildman–Crippen MR) is 110 cm³/mol. The van der Waals surface area contributed by atoms with Crippen molar-refractivity contribution in [1.82, 2.24) is 0 Å². The lowest BCUT2D eigenvalue weighted by Crippen LogP contribution is -2.57. The number of carbonyl (C=O) groups excluding carboxylic acids is 2. The molecule has 0 unspecified atom stereocenters. The van der Waals surface area contributed by atoms with E-state index < -0.39 is 17.1 Å². The summed E-state index contributed by atoms with van der Waals surface area (Å²) in [5.74, 6) is -0.523. The van der Waals surface area contributed by atoms with E-state index >= 15 is 0 Å². The van der Waals surface area contributed by atoms with Gasteiger partial charge in [-0.3, -0.25) is 9.59 Å². The Labute approximate surface area is 174 Å². The lowest BCUT2D eigenvalue weighted by Gasteiger charge is -2.43. The maximum Gasteiger partial charge on any atom is 0.179 e. The minimum Gasteiger partial charge on any atom is -0.456 e. The van der Waals surface area contributed by atoms with E-state index in [1.54, 1.807) is 58.0 Å². The van der Waals surface area contributed by atoms with E-state index in [2.05, 4.69) is 0 Å². The SMILES string of the molecule is Cc1ccc(Oc2ccc(Cl)cc2Cl)cc1C1C(=O)C(C)(C)OC(C)(C)C1=O. The molecule has 0 aromatic heterocycles. The van der Waals surface area contributed by atoms with Crippen LogP contribution in [0.2, 0.25) is 10.0 Å². The van der Waals surface area contributed by atoms with Gasteiger partial charge in [-0.05, 0) is 76.1 Å². The number of benzene rings is 2. The zero-order valence-corrected chi connectivity index (χ0v) is 17.9. The first kappa shape index (κ1) is 20.8. The van der Waals surface area contributed by atoms with Gasteiger partial charge in [0.15, 0.2) is 11.6 Å². The zero-order valence-electron chi connectivity index (χ0n) is 16.4. The van der Waals surface area contributed by atoms with Gasteiger partial charge in [0.05, 0.1) is 5.02 Å². The Morgan fingerprint density at radius 2 is 1.54 bits per heavy atom. The van der Waals surface area contributed by atoms with Crippen LogP contribution >= 0.6 is 23.2 Å². The molecule has 1 aliphatic heterocycles. The molecule has 3 rings (SSSR count). The van der Waals surface area contributed by atoms with Crippen molar-refractivity contribution in [1.29, 1.82) is 0 Å². The lowest BCUT2D eigenvalue weighted by atomic mass is 9.74. The van der Waals surface area contributed by atoms with E-state index in [1.807, 2.05) is 13.0 Å². The van der Waals surface area contributed by atoms with Crippen molar-refractivity contribution < 1.29 is 19.1 Å². The lowest BCUT2D eigenvalue weighted by molar-refractivity contribution is -0.184. The second kappa shape index (κ2) is 7.18. The molecule has 148 valence electrons. The largest absolute Gasteiger partial charge is 0.456 e. The highest BCUT2D eigenvalue weighted by Crippen LogP contribution is 2.41. The highest BCUT2D eigenvalue weighted by molar-refractivity contribution is 6.35. The molecule has 0 bridgehead atoms. The van der Waals surface area contributed by atoms with E-state index in [-0.39, 0.29) is 11.6 Å². The molecule has 2 aromatic rings. The summed E-state index contributed by atoms with van der Waals surface area (Å²) in [7, 11) is 0. The Kier molecular flexibility index (Phi) is 5.34. The van der Waals surface area contributed by atoms with Crippen LogP contribution < -0.4 is 4.74 Å². The fourth-order valence-electron chi connectivity index (χ4n) is 3.51. The van der Waals surface area contributed by atoms with Gasteiger partial charge in [-0.2, -0.15) is 0 Å². The topological polar surface area (TPSA) is 52.6 Å². The Bertz CT molecular complexity index is 937. The summed E-state index contributed by atoms with van der Waals surface area (Å²) >= 11 is 12.1. The minimum atomic E-state index is -1.06. The Morgan fingerprint density at radius 3 is 2.11 bits per heavy atom. The average Bonchev–Trinajstić information content (AvgIpc) is 2.58. The molecule has 0 amide bonds. The molecule has 1 saturated heterocycles. The second-order valence-electron chi connectivity index (χ2n) is 7.98. The summed E-state index contributed by atoms with van der Waals surface area (Å²) in [5.41, 5.74) is -0.688. The van der Waals surface area contributed by atoms with Crippen LogP contribution in [0.5, 0.6) is 11.5 Å². The third-order valence-electron chi connectivity index (χ3n) is 4.90. The van der Waals surface area contributed by atoms with Crippen LogP contribution in [0, 0.1) is 6.92 Å². The molecular formula is C22H22Cl2O4. The van der Waals surface area contributed by atoms with Gasteiger partial charge in [0, 0.05) is 5.02 Å². The molecule has 28 heavy (non-hydrogen) atoms. The summed E-state index contributed by atoms with van der Waals surface area (Å²) in [6, 6.07) is 10.2. The molecule has 0 N–H and O–H groups in total. The third-order valence-corrected chi connectivity index (χ3v) is 5.44. The van der Waals surface area contributed by atoms with Gasteiger partial charge in [0.25, 0.3) is 0 Å². The molecule has 0 saturated carbocycles. The van der Waals surface area contributed by atoms with Crippen molar-refractivity contribution in [2.24, 2.45) is 0 Å². The number of halogens is 2. The number of hydrogen-bond donors (Lipinski definition) is 0. The van der Waals surface area contributed by atoms with E-state index in [0.29, 0.717) is 27.1 Å². The van der Waals surface area contributed by atoms with Gasteiger partial charge >= 0.3 is 0 Å². The van der Waals surface area contributed by atoms with E-state index in [4.69, 9.17) is 32.7 Å². The monoisotopic (exact) mass is 420 g/mol. The first-order valence-electron chi connectivity index (χ1n) is 8.94. The molecule has 1 aliphatic rings. The van der Waals surface area contributed by atoms with E-state index in [9.17, 15) is 9.59 Å². The van der Waals surface area contributed by atoms with Crippen LogP contribution in [0.1, 0.15) is 44.7 Å². The number of carbonyl (C=O) groups is 2. The summed E-state index contributed by atoms with van der Waals surface area (Å²) < 4.78 is 11.7. The minimum absolute atomic E-state index is 0.262. The summed E-state index contributed by atoms with van der Waals surface area (Å²) in [4.78, 5) is 26.1. The molecule has 0 spiro atoms. The fourth-order valence-corrected chi connectivity index (χ4v) is 3.96. The number of Topliss-reactive ketones (excluding diaryl/α,β-unsaturated/α-hetero) is 2. The molecule has 1 fully saturated rings. The van der Waals surface area contributed by atoms with Crippen molar-refractivity contribution in [3.8, 4) is 11.5 Å². The van der Waals surface area contributed by atoms with Gasteiger partial charge in [-0.25, -0.2) is 0 Å². The maximum atomic E-state index is 13.0. The normalized spacial score (nSPS) is 19.0. The quantitative estimate of drug-likeness (QED) is 0.579. The number of ether oxygens (including phenoxy) is 2. The van der Waals surface area contributed by atoms with Crippen LogP contribution in [0.15, 0.2) is 36.4 Å². The van der Waals surface area contributed by atoms with Crippen LogP contribution in [0.25, 0.3) is 0 Å². The molecular weight excluding hydrogens is 399 g/mol. The highest BCUT2D eigenvalue weighted by Gasteiger charge is 2.53. The van der Waals surface area contributed by atoms with Crippen molar-refractivity contribution in [3.63, 3.8) is 0 Å². The average molecular weight is 421 g/mol. The highest BCUT2D eigenvalue weighted by atomic mass is 35.5. The third kappa shape index (κ3) is 3.82. The molecule has 0 aliphatic carbocycles. The Hall–Kier alpha value is -1.88. The molecule has 4 nitrogen and oxygen atoms in total.